The number of nitriles is 1. The highest BCUT2D eigenvalue weighted by Gasteiger charge is 2.10. The molecule has 14 heavy (non-hydrogen) atoms. The normalized spacial score (nSPS) is 10.4. The van der Waals surface area contributed by atoms with Crippen LogP contribution >= 0.6 is 0 Å². The summed E-state index contributed by atoms with van der Waals surface area (Å²) in [6, 6.07) is 4.78. The molecule has 0 aliphatic rings. The predicted octanol–water partition coefficient (Wildman–Crippen LogP) is 0.353. The van der Waals surface area contributed by atoms with Crippen LogP contribution in [0.1, 0.15) is 0 Å². The molecule has 0 aliphatic heterocycles. The fourth-order valence-electron chi connectivity index (χ4n) is 0.720. The number of hydrogen-bond donors (Lipinski definition) is 1. The Kier molecular flexibility index (Phi) is 3.21. The zero-order valence-corrected chi connectivity index (χ0v) is 7.18. The second kappa shape index (κ2) is 4.62. The molecule has 5 nitrogen and oxygen atoms in total. The molecule has 1 heterocycles. The average molecular weight is 189 g/mol. The summed E-state index contributed by atoms with van der Waals surface area (Å²) in [6.07, 6.45) is 3.81. The lowest BCUT2D eigenvalue weighted by atomic mass is 10.3. The first kappa shape index (κ1) is 9.74. The van der Waals surface area contributed by atoms with Gasteiger partial charge in [-0.15, -0.1) is 0 Å². The van der Waals surface area contributed by atoms with Gasteiger partial charge in [0.15, 0.2) is 5.57 Å². The van der Waals surface area contributed by atoms with Gasteiger partial charge in [0.05, 0.1) is 6.20 Å². The summed E-state index contributed by atoms with van der Waals surface area (Å²) in [6.45, 7) is 0. The molecule has 1 aromatic heterocycles. The predicted molar refractivity (Wildman–Crippen MR) is 47.8 cm³/mol. The first-order chi connectivity index (χ1) is 6.77. The van der Waals surface area contributed by atoms with Crippen molar-refractivity contribution in [1.29, 1.82) is 5.26 Å². The molecule has 0 saturated carbocycles. The molecule has 70 valence electrons. The SMILES string of the molecule is N#CC(=CN)C(=O)Oc1cccnc1. The van der Waals surface area contributed by atoms with Crippen molar-refractivity contribution < 1.29 is 9.53 Å². The van der Waals surface area contributed by atoms with Crippen molar-refractivity contribution in [1.82, 2.24) is 4.98 Å². The minimum atomic E-state index is -0.789. The molecule has 1 aromatic rings. The number of aromatic nitrogens is 1. The van der Waals surface area contributed by atoms with Crippen LogP contribution in [0.4, 0.5) is 0 Å². The summed E-state index contributed by atoms with van der Waals surface area (Å²) in [5.74, 6) is -0.518. The number of rotatable bonds is 2. The molecular weight excluding hydrogens is 182 g/mol. The van der Waals surface area contributed by atoms with Gasteiger partial charge in [-0.25, -0.2) is 4.79 Å². The van der Waals surface area contributed by atoms with Gasteiger partial charge >= 0.3 is 5.97 Å². The molecule has 0 spiro atoms. The monoisotopic (exact) mass is 189 g/mol. The summed E-state index contributed by atoms with van der Waals surface area (Å²) in [5.41, 5.74) is 4.80. The lowest BCUT2D eigenvalue weighted by Crippen LogP contribution is -2.11. The Labute approximate surface area is 80.4 Å². The Morgan fingerprint density at radius 1 is 1.71 bits per heavy atom. The highest BCUT2D eigenvalue weighted by atomic mass is 16.5. The highest BCUT2D eigenvalue weighted by molar-refractivity contribution is 5.93. The van der Waals surface area contributed by atoms with E-state index in [1.54, 1.807) is 24.4 Å². The van der Waals surface area contributed by atoms with E-state index in [1.165, 1.54) is 6.20 Å². The first-order valence-corrected chi connectivity index (χ1v) is 3.72. The fraction of sp³-hybridized carbons (Fsp3) is 0. The Balaban J connectivity index is 2.73. The average Bonchev–Trinajstić information content (AvgIpc) is 2.21. The van der Waals surface area contributed by atoms with Gasteiger partial charge in [0.2, 0.25) is 0 Å². The Morgan fingerprint density at radius 2 is 2.50 bits per heavy atom. The molecule has 1 rings (SSSR count). The molecule has 0 bridgehead atoms. The smallest absolute Gasteiger partial charge is 0.355 e. The first-order valence-electron chi connectivity index (χ1n) is 3.72. The largest absolute Gasteiger partial charge is 0.421 e. The Bertz CT molecular complexity index is 392. The van der Waals surface area contributed by atoms with Crippen LogP contribution in [-0.2, 0) is 4.79 Å². The van der Waals surface area contributed by atoms with E-state index in [4.69, 9.17) is 15.7 Å². The van der Waals surface area contributed by atoms with Gasteiger partial charge in [-0.2, -0.15) is 5.26 Å². The quantitative estimate of drug-likeness (QED) is 0.412. The van der Waals surface area contributed by atoms with E-state index < -0.39 is 5.97 Å². The van der Waals surface area contributed by atoms with Gasteiger partial charge in [0, 0.05) is 12.4 Å². The summed E-state index contributed by atoms with van der Waals surface area (Å²) in [7, 11) is 0. The number of pyridine rings is 1. The van der Waals surface area contributed by atoms with Crippen LogP contribution in [0.3, 0.4) is 0 Å². The maximum atomic E-state index is 11.2. The topological polar surface area (TPSA) is 89.0 Å². The zero-order valence-electron chi connectivity index (χ0n) is 7.18. The second-order valence-electron chi connectivity index (χ2n) is 2.27. The van der Waals surface area contributed by atoms with Crippen LogP contribution < -0.4 is 10.5 Å². The number of carbonyl (C=O) groups is 1. The van der Waals surface area contributed by atoms with E-state index in [0.29, 0.717) is 0 Å². The Morgan fingerprint density at radius 3 is 3.00 bits per heavy atom. The molecule has 2 N–H and O–H groups in total. The summed E-state index contributed by atoms with van der Waals surface area (Å²) >= 11 is 0. The lowest BCUT2D eigenvalue weighted by Gasteiger charge is -2.00. The zero-order chi connectivity index (χ0) is 10.4. The number of nitrogens with two attached hydrogens (primary N) is 1. The summed E-state index contributed by atoms with van der Waals surface area (Å²) in [4.78, 5) is 14.9. The molecule has 0 aliphatic carbocycles. The molecule has 0 radical (unpaired) electrons. The third-order valence-corrected chi connectivity index (χ3v) is 1.35. The Hall–Kier alpha value is -2.35. The maximum absolute atomic E-state index is 11.2. The molecule has 5 heteroatoms. The minimum absolute atomic E-state index is 0.242. The van der Waals surface area contributed by atoms with Crippen molar-refractivity contribution >= 4 is 5.97 Å². The molecule has 0 amide bonds. The van der Waals surface area contributed by atoms with Gasteiger partial charge in [-0.1, -0.05) is 0 Å². The summed E-state index contributed by atoms with van der Waals surface area (Å²) < 4.78 is 4.79. The van der Waals surface area contributed by atoms with Crippen molar-refractivity contribution in [3.63, 3.8) is 0 Å². The maximum Gasteiger partial charge on any atom is 0.355 e. The van der Waals surface area contributed by atoms with Crippen LogP contribution in [0.15, 0.2) is 36.3 Å². The molecule has 0 aromatic carbocycles. The number of esters is 1. The second-order valence-corrected chi connectivity index (χ2v) is 2.27. The van der Waals surface area contributed by atoms with Crippen LogP contribution in [0, 0.1) is 11.3 Å². The van der Waals surface area contributed by atoms with Crippen molar-refractivity contribution in [2.75, 3.05) is 0 Å². The minimum Gasteiger partial charge on any atom is -0.421 e. The van der Waals surface area contributed by atoms with Crippen LogP contribution in [0.25, 0.3) is 0 Å². The molecular formula is C9H7N3O2. The standard InChI is InChI=1S/C9H7N3O2/c10-4-7(5-11)9(13)14-8-2-1-3-12-6-8/h1-4,6H,10H2. The van der Waals surface area contributed by atoms with E-state index in [2.05, 4.69) is 4.98 Å². The van der Waals surface area contributed by atoms with Crippen molar-refractivity contribution in [3.05, 3.63) is 36.3 Å². The molecule has 0 unspecified atom stereocenters. The summed E-state index contributed by atoms with van der Waals surface area (Å²) in [5, 5.41) is 8.46. The number of carbonyl (C=O) groups excluding carboxylic acids is 1. The van der Waals surface area contributed by atoms with E-state index in [-0.39, 0.29) is 11.3 Å². The van der Waals surface area contributed by atoms with Crippen molar-refractivity contribution in [3.8, 4) is 11.8 Å². The van der Waals surface area contributed by atoms with Gasteiger partial charge in [-0.05, 0) is 12.1 Å². The van der Waals surface area contributed by atoms with Crippen molar-refractivity contribution in [2.24, 2.45) is 5.73 Å². The van der Waals surface area contributed by atoms with E-state index in [1.807, 2.05) is 0 Å². The van der Waals surface area contributed by atoms with Crippen LogP contribution in [0.2, 0.25) is 0 Å². The number of nitrogens with zero attached hydrogens (tertiary/aromatic N) is 2. The van der Waals surface area contributed by atoms with Crippen LogP contribution in [0.5, 0.6) is 5.75 Å². The number of ether oxygens (including phenoxy) is 1. The van der Waals surface area contributed by atoms with E-state index in [9.17, 15) is 4.79 Å². The van der Waals surface area contributed by atoms with Crippen LogP contribution in [-0.4, -0.2) is 11.0 Å². The number of hydrogen-bond acceptors (Lipinski definition) is 5. The third-order valence-electron chi connectivity index (χ3n) is 1.35. The third kappa shape index (κ3) is 2.32. The molecule has 0 saturated heterocycles. The molecule has 0 fully saturated rings. The van der Waals surface area contributed by atoms with Gasteiger partial charge < -0.3 is 10.5 Å². The molecule has 0 atom stereocenters. The van der Waals surface area contributed by atoms with E-state index in [0.717, 1.165) is 6.20 Å². The fourth-order valence-corrected chi connectivity index (χ4v) is 0.720. The van der Waals surface area contributed by atoms with Gasteiger partial charge in [-0.3, -0.25) is 4.98 Å². The lowest BCUT2D eigenvalue weighted by molar-refractivity contribution is -0.129. The van der Waals surface area contributed by atoms with E-state index >= 15 is 0 Å². The van der Waals surface area contributed by atoms with Crippen molar-refractivity contribution in [2.45, 2.75) is 0 Å². The van der Waals surface area contributed by atoms with Gasteiger partial charge in [0.25, 0.3) is 0 Å². The van der Waals surface area contributed by atoms with Gasteiger partial charge in [0.1, 0.15) is 11.8 Å². The highest BCUT2D eigenvalue weighted by Crippen LogP contribution is 2.08.